The zero-order valence-electron chi connectivity index (χ0n) is 22.7. The van der Waals surface area contributed by atoms with Gasteiger partial charge in [-0.2, -0.15) is 0 Å². The van der Waals surface area contributed by atoms with Crippen LogP contribution in [-0.4, -0.2) is 47.8 Å². The van der Waals surface area contributed by atoms with Crippen molar-refractivity contribution in [2.24, 2.45) is 5.92 Å². The Hall–Kier alpha value is 0.274. The first-order valence-corrected chi connectivity index (χ1v) is 17.1. The molecule has 0 spiro atoms. The Morgan fingerprint density at radius 1 is 0.645 bits per heavy atom. The van der Waals surface area contributed by atoms with Gasteiger partial charge >= 0.3 is 0 Å². The first-order chi connectivity index (χ1) is 14.2. The molecule has 2 aliphatic heterocycles. The molecule has 2 rings (SSSR count). The molecule has 5 atom stereocenters. The zero-order chi connectivity index (χ0) is 23.9. The first kappa shape index (κ1) is 27.5. The average molecular weight is 473 g/mol. The Labute approximate surface area is 195 Å². The van der Waals surface area contributed by atoms with Crippen LogP contribution in [0.15, 0.2) is 0 Å². The fourth-order valence-electron chi connectivity index (χ4n) is 6.99. The maximum Gasteiger partial charge on any atom is 0.200 e. The summed E-state index contributed by atoms with van der Waals surface area (Å²) in [6, 6.07) is 0. The molecular formula is C25H52O4Si2. The quantitative estimate of drug-likeness (QED) is 0.230. The zero-order valence-corrected chi connectivity index (χ0v) is 24.7. The molecule has 6 heteroatoms. The molecule has 0 amide bonds. The van der Waals surface area contributed by atoms with Crippen molar-refractivity contribution in [1.82, 2.24) is 0 Å². The van der Waals surface area contributed by atoms with Crippen LogP contribution in [0.2, 0.25) is 33.2 Å². The van der Waals surface area contributed by atoms with E-state index in [1.54, 1.807) is 0 Å². The summed E-state index contributed by atoms with van der Waals surface area (Å²) in [4.78, 5) is 0. The number of ether oxygens (including phenoxy) is 2. The fourth-order valence-corrected chi connectivity index (χ4v) is 18.1. The normalized spacial score (nSPS) is 29.7. The van der Waals surface area contributed by atoms with E-state index in [1.807, 2.05) is 0 Å². The van der Waals surface area contributed by atoms with Crippen LogP contribution in [0.25, 0.3) is 0 Å². The van der Waals surface area contributed by atoms with Crippen LogP contribution >= 0.6 is 0 Å². The molecule has 0 aromatic heterocycles. The Morgan fingerprint density at radius 3 is 1.45 bits per heavy atom. The third-order valence-electron chi connectivity index (χ3n) is 8.47. The van der Waals surface area contributed by atoms with Gasteiger partial charge in [-0.3, -0.25) is 0 Å². The van der Waals surface area contributed by atoms with E-state index >= 15 is 0 Å². The molecule has 0 saturated carbocycles. The third-order valence-corrected chi connectivity index (χ3v) is 20.6. The SMILES string of the molecule is CC(C)[Si](OC[C@@H]1O[C@H]2O[C@H]2[C@H](O[Si](C(C)C)(C(C)C)C(C)C)[C@H]1C)(C(C)C)C(C)C. The van der Waals surface area contributed by atoms with Gasteiger partial charge in [-0.15, -0.1) is 0 Å². The van der Waals surface area contributed by atoms with Gasteiger partial charge in [0.1, 0.15) is 6.10 Å². The highest BCUT2D eigenvalue weighted by atomic mass is 28.4. The summed E-state index contributed by atoms with van der Waals surface area (Å²) in [7, 11) is -3.91. The Balaban J connectivity index is 2.23. The van der Waals surface area contributed by atoms with Crippen molar-refractivity contribution in [1.29, 1.82) is 0 Å². The second-order valence-corrected chi connectivity index (χ2v) is 22.9. The average Bonchev–Trinajstić information content (AvgIpc) is 3.39. The summed E-state index contributed by atoms with van der Waals surface area (Å²) in [6.07, 6.45) is 0.132. The van der Waals surface area contributed by atoms with Crippen molar-refractivity contribution in [3.8, 4) is 0 Å². The van der Waals surface area contributed by atoms with Crippen LogP contribution in [0.3, 0.4) is 0 Å². The lowest BCUT2D eigenvalue weighted by Crippen LogP contribution is -2.56. The maximum atomic E-state index is 7.22. The Kier molecular flexibility index (Phi) is 9.11. The van der Waals surface area contributed by atoms with Gasteiger partial charge in [-0.1, -0.05) is 90.0 Å². The number of rotatable bonds is 11. The van der Waals surface area contributed by atoms with Crippen molar-refractivity contribution in [2.45, 2.75) is 148 Å². The molecule has 0 N–H and O–H groups in total. The predicted octanol–water partition coefficient (Wildman–Crippen LogP) is 7.50. The Bertz CT molecular complexity index is 532. The lowest BCUT2D eigenvalue weighted by atomic mass is 9.94. The van der Waals surface area contributed by atoms with E-state index in [4.69, 9.17) is 18.3 Å². The van der Waals surface area contributed by atoms with E-state index < -0.39 is 16.6 Å². The van der Waals surface area contributed by atoms with Gasteiger partial charge in [0.25, 0.3) is 0 Å². The van der Waals surface area contributed by atoms with E-state index in [-0.39, 0.29) is 30.5 Å². The smallest absolute Gasteiger partial charge is 0.200 e. The molecule has 4 nitrogen and oxygen atoms in total. The van der Waals surface area contributed by atoms with E-state index in [1.165, 1.54) is 0 Å². The first-order valence-electron chi connectivity index (χ1n) is 12.9. The standard InChI is InChI=1S/C25H52O4Si2/c1-15(2)30(16(3)4,17(5)6)26-14-22-21(13)23(24-25(27-22)28-24)29-31(18(7)8,19(9)10)20(11)12/h15-25H,14H2,1-13H3/t21-,22-,23+,24-,25-/m0/s1. The second-order valence-electron chi connectivity index (χ2n) is 12.0. The van der Waals surface area contributed by atoms with Gasteiger partial charge < -0.3 is 18.3 Å². The second kappa shape index (κ2) is 10.3. The number of fused-ring (bicyclic) bond motifs is 1. The van der Waals surface area contributed by atoms with Gasteiger partial charge in [0, 0.05) is 5.92 Å². The molecule has 0 aromatic rings. The summed E-state index contributed by atoms with van der Waals surface area (Å²) in [5.41, 5.74) is 3.43. The summed E-state index contributed by atoms with van der Waals surface area (Å²) >= 11 is 0. The van der Waals surface area contributed by atoms with E-state index in [2.05, 4.69) is 90.0 Å². The third kappa shape index (κ3) is 5.04. The van der Waals surface area contributed by atoms with Crippen molar-refractivity contribution < 1.29 is 18.3 Å². The molecule has 0 radical (unpaired) electrons. The summed E-state index contributed by atoms with van der Waals surface area (Å²) in [6.45, 7) is 31.2. The van der Waals surface area contributed by atoms with Crippen LogP contribution in [0.1, 0.15) is 90.0 Å². The molecule has 2 heterocycles. The Morgan fingerprint density at radius 2 is 1.06 bits per heavy atom. The highest BCUT2D eigenvalue weighted by Crippen LogP contribution is 2.49. The maximum absolute atomic E-state index is 7.22. The fraction of sp³-hybridized carbons (Fsp3) is 1.00. The summed E-state index contributed by atoms with van der Waals surface area (Å²) in [5.74, 6) is 0.269. The highest BCUT2D eigenvalue weighted by Gasteiger charge is 2.60. The number of epoxide rings is 1. The monoisotopic (exact) mass is 472 g/mol. The minimum atomic E-state index is -1.98. The largest absolute Gasteiger partial charge is 0.413 e. The minimum Gasteiger partial charge on any atom is -0.413 e. The molecule has 2 fully saturated rings. The molecule has 0 aliphatic carbocycles. The van der Waals surface area contributed by atoms with Crippen molar-refractivity contribution in [3.05, 3.63) is 0 Å². The van der Waals surface area contributed by atoms with Crippen LogP contribution in [0.4, 0.5) is 0 Å². The van der Waals surface area contributed by atoms with Crippen LogP contribution in [-0.2, 0) is 18.3 Å². The van der Waals surface area contributed by atoms with E-state index in [0.29, 0.717) is 39.9 Å². The van der Waals surface area contributed by atoms with Gasteiger partial charge in [0.05, 0.1) is 18.8 Å². The van der Waals surface area contributed by atoms with E-state index in [0.717, 1.165) is 0 Å². The molecule has 2 saturated heterocycles. The van der Waals surface area contributed by atoms with Crippen LogP contribution < -0.4 is 0 Å². The number of hydrogen-bond acceptors (Lipinski definition) is 4. The topological polar surface area (TPSA) is 40.2 Å². The van der Waals surface area contributed by atoms with Crippen molar-refractivity contribution in [2.75, 3.05) is 6.61 Å². The molecule has 31 heavy (non-hydrogen) atoms. The van der Waals surface area contributed by atoms with Gasteiger partial charge in [-0.05, 0) is 33.2 Å². The molecule has 184 valence electrons. The molecule has 0 bridgehead atoms. The number of hydrogen-bond donors (Lipinski definition) is 0. The van der Waals surface area contributed by atoms with Crippen molar-refractivity contribution in [3.63, 3.8) is 0 Å². The molecule has 2 aliphatic rings. The molecular weight excluding hydrogens is 420 g/mol. The van der Waals surface area contributed by atoms with E-state index in [9.17, 15) is 0 Å². The predicted molar refractivity (Wildman–Crippen MR) is 136 cm³/mol. The molecule has 0 aromatic carbocycles. The molecule has 0 unspecified atom stereocenters. The lowest BCUT2D eigenvalue weighted by Gasteiger charge is -2.48. The van der Waals surface area contributed by atoms with Crippen molar-refractivity contribution >= 4 is 16.6 Å². The lowest BCUT2D eigenvalue weighted by molar-refractivity contribution is -0.0988. The summed E-state index contributed by atoms with van der Waals surface area (Å²) < 4.78 is 26.5. The van der Waals surface area contributed by atoms with Gasteiger partial charge in [-0.25, -0.2) is 0 Å². The van der Waals surface area contributed by atoms with Gasteiger partial charge in [0.15, 0.2) is 14.6 Å². The van der Waals surface area contributed by atoms with Gasteiger partial charge in [0.2, 0.25) is 8.32 Å². The van der Waals surface area contributed by atoms with Crippen LogP contribution in [0.5, 0.6) is 0 Å². The minimum absolute atomic E-state index is 0.0371. The van der Waals surface area contributed by atoms with Crippen LogP contribution in [0, 0.1) is 5.92 Å². The highest BCUT2D eigenvalue weighted by molar-refractivity contribution is 6.78. The summed E-state index contributed by atoms with van der Waals surface area (Å²) in [5, 5.41) is 0.